The van der Waals surface area contributed by atoms with Crippen LogP contribution in [0.5, 0.6) is 0 Å². The van der Waals surface area contributed by atoms with Crippen LogP contribution in [-0.4, -0.2) is 60.3 Å². The van der Waals surface area contributed by atoms with Crippen LogP contribution in [0.1, 0.15) is 45.4 Å². The average molecular weight is 254 g/mol. The number of nitrogens with zero attached hydrogens (tertiary/aromatic N) is 2. The SMILES string of the molecule is CCN1CCC(N(C)CC(O)C2CCCC2)CC1. The van der Waals surface area contributed by atoms with E-state index in [1.165, 1.54) is 58.2 Å². The molecule has 3 nitrogen and oxygen atoms in total. The summed E-state index contributed by atoms with van der Waals surface area (Å²) in [5.74, 6) is 0.572. The largest absolute Gasteiger partial charge is 0.392 e. The summed E-state index contributed by atoms with van der Waals surface area (Å²) in [6.45, 7) is 6.76. The van der Waals surface area contributed by atoms with E-state index in [9.17, 15) is 5.11 Å². The fourth-order valence-corrected chi connectivity index (χ4v) is 3.61. The maximum Gasteiger partial charge on any atom is 0.0695 e. The zero-order chi connectivity index (χ0) is 13.0. The van der Waals surface area contributed by atoms with Crippen LogP contribution in [0.3, 0.4) is 0 Å². The maximum atomic E-state index is 10.3. The predicted molar refractivity (Wildman–Crippen MR) is 75.7 cm³/mol. The Morgan fingerprint density at radius 3 is 2.33 bits per heavy atom. The van der Waals surface area contributed by atoms with E-state index in [4.69, 9.17) is 0 Å². The molecular formula is C15H30N2O. The van der Waals surface area contributed by atoms with Crippen molar-refractivity contribution in [2.24, 2.45) is 5.92 Å². The number of aliphatic hydroxyl groups excluding tert-OH is 1. The predicted octanol–water partition coefficient (Wildman–Crippen LogP) is 1.95. The van der Waals surface area contributed by atoms with E-state index in [1.54, 1.807) is 0 Å². The summed E-state index contributed by atoms with van der Waals surface area (Å²) >= 11 is 0. The summed E-state index contributed by atoms with van der Waals surface area (Å²) in [5, 5.41) is 10.3. The minimum Gasteiger partial charge on any atom is -0.392 e. The monoisotopic (exact) mass is 254 g/mol. The van der Waals surface area contributed by atoms with Crippen LogP contribution in [0.4, 0.5) is 0 Å². The minimum absolute atomic E-state index is 0.0956. The number of piperidine rings is 1. The first kappa shape index (κ1) is 14.3. The lowest BCUT2D eigenvalue weighted by molar-refractivity contribution is 0.0442. The molecule has 1 aliphatic carbocycles. The molecular weight excluding hydrogens is 224 g/mol. The van der Waals surface area contributed by atoms with E-state index in [-0.39, 0.29) is 6.10 Å². The van der Waals surface area contributed by atoms with Gasteiger partial charge in [-0.2, -0.15) is 0 Å². The Labute approximate surface area is 112 Å². The summed E-state index contributed by atoms with van der Waals surface area (Å²) in [6.07, 6.45) is 7.55. The highest BCUT2D eigenvalue weighted by Gasteiger charge is 2.27. The van der Waals surface area contributed by atoms with Crippen molar-refractivity contribution >= 4 is 0 Å². The zero-order valence-corrected chi connectivity index (χ0v) is 12.1. The first-order chi connectivity index (χ1) is 8.70. The van der Waals surface area contributed by atoms with Crippen LogP contribution in [-0.2, 0) is 0 Å². The van der Waals surface area contributed by atoms with E-state index in [0.717, 1.165) is 6.54 Å². The molecule has 1 heterocycles. The topological polar surface area (TPSA) is 26.7 Å². The molecule has 1 N–H and O–H groups in total. The Balaban J connectivity index is 1.72. The molecule has 0 amide bonds. The van der Waals surface area contributed by atoms with Gasteiger partial charge in [0.25, 0.3) is 0 Å². The number of hydrogen-bond donors (Lipinski definition) is 1. The molecule has 1 atom stereocenters. The van der Waals surface area contributed by atoms with Gasteiger partial charge >= 0.3 is 0 Å². The van der Waals surface area contributed by atoms with Gasteiger partial charge < -0.3 is 14.9 Å². The molecule has 1 aliphatic heterocycles. The lowest BCUT2D eigenvalue weighted by atomic mass is 9.98. The molecule has 0 radical (unpaired) electrons. The third-order valence-corrected chi connectivity index (χ3v) is 5.05. The first-order valence-electron chi connectivity index (χ1n) is 7.81. The lowest BCUT2D eigenvalue weighted by Gasteiger charge is -2.37. The highest BCUT2D eigenvalue weighted by molar-refractivity contribution is 4.82. The van der Waals surface area contributed by atoms with Crippen molar-refractivity contribution in [3.8, 4) is 0 Å². The van der Waals surface area contributed by atoms with Crippen molar-refractivity contribution in [3.63, 3.8) is 0 Å². The molecule has 0 aromatic carbocycles. The van der Waals surface area contributed by atoms with Crippen LogP contribution in [0.25, 0.3) is 0 Å². The standard InChI is InChI=1S/C15H30N2O/c1-3-17-10-8-14(9-11-17)16(2)12-15(18)13-6-4-5-7-13/h13-15,18H,3-12H2,1-2H3. The van der Waals surface area contributed by atoms with E-state index in [0.29, 0.717) is 12.0 Å². The molecule has 1 unspecified atom stereocenters. The molecule has 0 aromatic heterocycles. The number of hydrogen-bond acceptors (Lipinski definition) is 3. The van der Waals surface area contributed by atoms with Gasteiger partial charge in [0.05, 0.1) is 6.10 Å². The van der Waals surface area contributed by atoms with Crippen molar-refractivity contribution in [3.05, 3.63) is 0 Å². The van der Waals surface area contributed by atoms with Gasteiger partial charge in [0, 0.05) is 12.6 Å². The van der Waals surface area contributed by atoms with Gasteiger partial charge in [0.1, 0.15) is 0 Å². The van der Waals surface area contributed by atoms with Crippen molar-refractivity contribution in [1.82, 2.24) is 9.80 Å². The molecule has 18 heavy (non-hydrogen) atoms. The average Bonchev–Trinajstić information content (AvgIpc) is 2.92. The number of rotatable bonds is 5. The molecule has 2 rings (SSSR count). The van der Waals surface area contributed by atoms with Gasteiger partial charge in [-0.05, 0) is 58.3 Å². The Kier molecular flexibility index (Phi) is 5.46. The van der Waals surface area contributed by atoms with Crippen molar-refractivity contribution in [1.29, 1.82) is 0 Å². The second kappa shape index (κ2) is 6.88. The van der Waals surface area contributed by atoms with Gasteiger partial charge in [0.15, 0.2) is 0 Å². The number of aliphatic hydroxyl groups is 1. The van der Waals surface area contributed by atoms with E-state index in [2.05, 4.69) is 23.8 Å². The number of likely N-dealkylation sites (tertiary alicyclic amines) is 1. The smallest absolute Gasteiger partial charge is 0.0695 e. The Morgan fingerprint density at radius 1 is 1.17 bits per heavy atom. The summed E-state index contributed by atoms with van der Waals surface area (Å²) in [7, 11) is 2.20. The molecule has 1 saturated heterocycles. The zero-order valence-electron chi connectivity index (χ0n) is 12.1. The van der Waals surface area contributed by atoms with E-state index >= 15 is 0 Å². The van der Waals surface area contributed by atoms with E-state index < -0.39 is 0 Å². The minimum atomic E-state index is -0.0956. The molecule has 2 fully saturated rings. The van der Waals surface area contributed by atoms with Crippen LogP contribution >= 0.6 is 0 Å². The van der Waals surface area contributed by atoms with Crippen LogP contribution in [0.2, 0.25) is 0 Å². The second-order valence-electron chi connectivity index (χ2n) is 6.22. The summed E-state index contributed by atoms with van der Waals surface area (Å²) in [4.78, 5) is 4.94. The van der Waals surface area contributed by atoms with Crippen LogP contribution in [0.15, 0.2) is 0 Å². The molecule has 106 valence electrons. The molecule has 1 saturated carbocycles. The third-order valence-electron chi connectivity index (χ3n) is 5.05. The molecule has 0 aromatic rings. The Bertz CT molecular complexity index is 233. The van der Waals surface area contributed by atoms with Crippen LogP contribution in [0, 0.1) is 5.92 Å². The van der Waals surface area contributed by atoms with E-state index in [1.807, 2.05) is 0 Å². The Morgan fingerprint density at radius 2 is 1.78 bits per heavy atom. The highest BCUT2D eigenvalue weighted by atomic mass is 16.3. The fraction of sp³-hybridized carbons (Fsp3) is 1.00. The normalized spacial score (nSPS) is 26.0. The summed E-state index contributed by atoms with van der Waals surface area (Å²) < 4.78 is 0. The van der Waals surface area contributed by atoms with Gasteiger partial charge in [0.2, 0.25) is 0 Å². The first-order valence-corrected chi connectivity index (χ1v) is 7.81. The van der Waals surface area contributed by atoms with Gasteiger partial charge in [-0.25, -0.2) is 0 Å². The second-order valence-corrected chi connectivity index (χ2v) is 6.22. The molecule has 2 aliphatic rings. The van der Waals surface area contributed by atoms with Gasteiger partial charge in [-0.3, -0.25) is 0 Å². The molecule has 3 heteroatoms. The third kappa shape index (κ3) is 3.69. The fourth-order valence-electron chi connectivity index (χ4n) is 3.61. The maximum absolute atomic E-state index is 10.3. The highest BCUT2D eigenvalue weighted by Crippen LogP contribution is 2.28. The van der Waals surface area contributed by atoms with Crippen LogP contribution < -0.4 is 0 Å². The number of likely N-dealkylation sites (N-methyl/N-ethyl adjacent to an activating group) is 1. The Hall–Kier alpha value is -0.120. The summed E-state index contributed by atoms with van der Waals surface area (Å²) in [5.41, 5.74) is 0. The van der Waals surface area contributed by atoms with Gasteiger partial charge in [-0.1, -0.05) is 19.8 Å². The quantitative estimate of drug-likeness (QED) is 0.812. The van der Waals surface area contributed by atoms with Crippen molar-refractivity contribution < 1.29 is 5.11 Å². The lowest BCUT2D eigenvalue weighted by Crippen LogP contribution is -2.46. The molecule has 0 spiro atoms. The van der Waals surface area contributed by atoms with Gasteiger partial charge in [-0.15, -0.1) is 0 Å². The summed E-state index contributed by atoms with van der Waals surface area (Å²) in [6, 6.07) is 0.684. The molecule has 0 bridgehead atoms. The van der Waals surface area contributed by atoms with Crippen molar-refractivity contribution in [2.75, 3.05) is 33.2 Å². The van der Waals surface area contributed by atoms with Crippen molar-refractivity contribution in [2.45, 2.75) is 57.6 Å².